The van der Waals surface area contributed by atoms with Crippen LogP contribution in [0.2, 0.25) is 0 Å². The number of ether oxygens (including phenoxy) is 3. The highest BCUT2D eigenvalue weighted by atomic mass is 16.6. The predicted molar refractivity (Wildman–Crippen MR) is 212 cm³/mol. The number of benzene rings is 2. The topological polar surface area (TPSA) is 137 Å². The molecule has 0 heterocycles. The Morgan fingerprint density at radius 1 is 0.667 bits per heavy atom. The van der Waals surface area contributed by atoms with Crippen LogP contribution in [0.4, 0.5) is 0 Å². The molecule has 0 fully saturated rings. The normalized spacial score (nSPS) is 11.9. The van der Waals surface area contributed by atoms with Crippen molar-refractivity contribution in [1.82, 2.24) is 10.6 Å². The zero-order valence-corrected chi connectivity index (χ0v) is 32.9. The highest BCUT2D eigenvalue weighted by molar-refractivity contribution is 5.98. The fourth-order valence-corrected chi connectivity index (χ4v) is 5.62. The highest BCUT2D eigenvalue weighted by Gasteiger charge is 2.42. The third kappa shape index (κ3) is 20.2. The lowest BCUT2D eigenvalue weighted by Gasteiger charge is -2.31. The summed E-state index contributed by atoms with van der Waals surface area (Å²) in [7, 11) is 0. The molecule has 0 saturated heterocycles. The van der Waals surface area contributed by atoms with Gasteiger partial charge in [0, 0.05) is 26.1 Å². The maximum atomic E-state index is 13.2. The van der Waals surface area contributed by atoms with Crippen LogP contribution in [-0.2, 0) is 28.6 Å². The van der Waals surface area contributed by atoms with Crippen LogP contribution in [0.15, 0.2) is 72.8 Å². The minimum Gasteiger partial charge on any atom is -0.466 e. The van der Waals surface area contributed by atoms with E-state index in [1.54, 1.807) is 48.5 Å². The van der Waals surface area contributed by atoms with Crippen molar-refractivity contribution in [2.75, 3.05) is 26.2 Å². The Morgan fingerprint density at radius 3 is 1.83 bits per heavy atom. The fourth-order valence-electron chi connectivity index (χ4n) is 5.62. The molecule has 2 aromatic carbocycles. The van der Waals surface area contributed by atoms with Crippen LogP contribution in [0.5, 0.6) is 0 Å². The zero-order valence-electron chi connectivity index (χ0n) is 32.9. The van der Waals surface area contributed by atoms with Crippen molar-refractivity contribution in [2.45, 2.75) is 130 Å². The molecule has 1 atom stereocenters. The van der Waals surface area contributed by atoms with Crippen LogP contribution in [0, 0.1) is 5.41 Å². The maximum Gasteiger partial charge on any atom is 0.345 e. The molecule has 0 aromatic heterocycles. The highest BCUT2D eigenvalue weighted by Crippen LogP contribution is 2.27. The first-order chi connectivity index (χ1) is 26.1. The monoisotopic (exact) mass is 748 g/mol. The molecule has 0 saturated carbocycles. The van der Waals surface area contributed by atoms with Crippen molar-refractivity contribution in [3.63, 3.8) is 0 Å². The quantitative estimate of drug-likeness (QED) is 0.0275. The summed E-state index contributed by atoms with van der Waals surface area (Å²) in [5, 5.41) is 5.95. The van der Waals surface area contributed by atoms with Crippen molar-refractivity contribution < 1.29 is 38.2 Å². The number of carbonyl (C=O) groups is 5. The number of unbranched alkanes of at least 4 members (excludes halogenated alkanes) is 11. The van der Waals surface area contributed by atoms with E-state index in [1.165, 1.54) is 83.8 Å². The molecule has 10 nitrogen and oxygen atoms in total. The summed E-state index contributed by atoms with van der Waals surface area (Å²) < 4.78 is 16.2. The molecule has 0 aliphatic carbocycles. The molecule has 1 amide bonds. The number of carbonyl (C=O) groups excluding carboxylic acids is 5. The summed E-state index contributed by atoms with van der Waals surface area (Å²) in [4.78, 5) is 63.1. The summed E-state index contributed by atoms with van der Waals surface area (Å²) >= 11 is 0. The smallest absolute Gasteiger partial charge is 0.345 e. The second-order valence-electron chi connectivity index (χ2n) is 14.2. The number of hydrogen-bond acceptors (Lipinski definition) is 9. The molecule has 0 radical (unpaired) electrons. The molecular formula is C44H64N2O8. The van der Waals surface area contributed by atoms with E-state index in [2.05, 4.69) is 29.7 Å². The number of esters is 4. The van der Waals surface area contributed by atoms with Gasteiger partial charge in [0.25, 0.3) is 0 Å². The van der Waals surface area contributed by atoms with Crippen LogP contribution < -0.4 is 10.6 Å². The Hall–Kier alpha value is -4.31. The number of nitrogens with one attached hydrogen (secondary N) is 2. The molecular weight excluding hydrogens is 684 g/mol. The van der Waals surface area contributed by atoms with Gasteiger partial charge in [-0.05, 0) is 76.6 Å². The molecule has 0 spiro atoms. The van der Waals surface area contributed by atoms with Crippen LogP contribution in [0.1, 0.15) is 144 Å². The molecule has 298 valence electrons. The molecule has 0 bridgehead atoms. The van der Waals surface area contributed by atoms with Gasteiger partial charge in [-0.1, -0.05) is 107 Å². The van der Waals surface area contributed by atoms with Crippen molar-refractivity contribution in [3.8, 4) is 0 Å². The van der Waals surface area contributed by atoms with Crippen LogP contribution >= 0.6 is 0 Å². The van der Waals surface area contributed by atoms with E-state index < -0.39 is 35.4 Å². The minimum atomic E-state index is -1.42. The lowest BCUT2D eigenvalue weighted by atomic mass is 9.86. The van der Waals surface area contributed by atoms with Gasteiger partial charge in [0.1, 0.15) is 11.5 Å². The fraction of sp³-hybridized carbons (Fsp3) is 0.568. The average molecular weight is 749 g/mol. The van der Waals surface area contributed by atoms with Crippen molar-refractivity contribution in [1.29, 1.82) is 0 Å². The largest absolute Gasteiger partial charge is 0.466 e. The van der Waals surface area contributed by atoms with Gasteiger partial charge in [-0.3, -0.25) is 14.4 Å². The lowest BCUT2D eigenvalue weighted by molar-refractivity contribution is -0.154. The Kier molecular flexibility index (Phi) is 23.9. The average Bonchev–Trinajstić information content (AvgIpc) is 3.17. The number of allylic oxidation sites excluding steroid dienone is 2. The summed E-state index contributed by atoms with van der Waals surface area (Å²) in [6.07, 6.45) is 20.5. The van der Waals surface area contributed by atoms with Gasteiger partial charge in [-0.15, -0.1) is 0 Å². The van der Waals surface area contributed by atoms with Gasteiger partial charge >= 0.3 is 23.9 Å². The summed E-state index contributed by atoms with van der Waals surface area (Å²) in [6.45, 7) is 6.13. The molecule has 0 aliphatic rings. The van der Waals surface area contributed by atoms with Gasteiger partial charge < -0.3 is 24.8 Å². The summed E-state index contributed by atoms with van der Waals surface area (Å²) in [5.74, 6) is -2.72. The lowest BCUT2D eigenvalue weighted by Crippen LogP contribution is -2.47. The Morgan fingerprint density at radius 2 is 1.22 bits per heavy atom. The van der Waals surface area contributed by atoms with E-state index in [0.717, 1.165) is 25.7 Å². The van der Waals surface area contributed by atoms with E-state index in [0.29, 0.717) is 24.9 Å². The second kappa shape index (κ2) is 28.2. The number of hydrogen-bond donors (Lipinski definition) is 2. The predicted octanol–water partition coefficient (Wildman–Crippen LogP) is 8.69. The molecule has 2 N–H and O–H groups in total. The maximum absolute atomic E-state index is 13.2. The van der Waals surface area contributed by atoms with E-state index in [1.807, 2.05) is 0 Å². The zero-order chi connectivity index (χ0) is 39.3. The van der Waals surface area contributed by atoms with Crippen LogP contribution in [0.3, 0.4) is 0 Å². The molecule has 2 aromatic rings. The SMILES string of the molecule is CCCCCCCCC=CCCCCCCCC(=O)NCCCOC(=O)CCNCC(OC(=O)c1ccccc1)C(C)(C)C(=O)OC(=O)c1ccccc1. The Balaban J connectivity index is 1.60. The molecule has 2 rings (SSSR count). The number of amides is 1. The Labute approximate surface area is 323 Å². The van der Waals surface area contributed by atoms with Gasteiger partial charge in [0.05, 0.1) is 24.2 Å². The van der Waals surface area contributed by atoms with Gasteiger partial charge in [0.2, 0.25) is 5.91 Å². The third-order valence-electron chi connectivity index (χ3n) is 9.19. The molecule has 10 heteroatoms. The molecule has 0 aliphatic heterocycles. The summed E-state index contributed by atoms with van der Waals surface area (Å²) in [6, 6.07) is 16.5. The Bertz CT molecular complexity index is 1390. The summed E-state index contributed by atoms with van der Waals surface area (Å²) in [5.41, 5.74) is -0.904. The van der Waals surface area contributed by atoms with Crippen LogP contribution in [-0.4, -0.2) is 62.1 Å². The standard InChI is InChI=1S/C44H64N2O8/c1-4-5-6-7-8-9-10-11-12-13-14-15-16-17-24-30-39(47)46-32-25-34-52-40(48)31-33-45-35-38(53-41(49)36-26-20-18-21-27-36)44(2,3)43(51)54-42(50)37-28-22-19-23-29-37/h11-12,18-23,26-29,38,45H,4-10,13-17,24-25,30-35H2,1-3H3,(H,46,47). The van der Waals surface area contributed by atoms with E-state index in [4.69, 9.17) is 14.2 Å². The van der Waals surface area contributed by atoms with E-state index in [-0.39, 0.29) is 37.6 Å². The molecule has 1 unspecified atom stereocenters. The first-order valence-corrected chi connectivity index (χ1v) is 20.0. The van der Waals surface area contributed by atoms with Gasteiger partial charge in [-0.25, -0.2) is 9.59 Å². The van der Waals surface area contributed by atoms with Crippen LogP contribution in [0.25, 0.3) is 0 Å². The first-order valence-electron chi connectivity index (χ1n) is 20.0. The third-order valence-corrected chi connectivity index (χ3v) is 9.19. The molecule has 54 heavy (non-hydrogen) atoms. The van der Waals surface area contributed by atoms with Crippen molar-refractivity contribution in [2.24, 2.45) is 5.41 Å². The number of rotatable bonds is 29. The van der Waals surface area contributed by atoms with Gasteiger partial charge in [0.15, 0.2) is 0 Å². The van der Waals surface area contributed by atoms with E-state index in [9.17, 15) is 24.0 Å². The minimum absolute atomic E-state index is 0.0101. The van der Waals surface area contributed by atoms with Gasteiger partial charge in [-0.2, -0.15) is 0 Å². The second-order valence-corrected chi connectivity index (χ2v) is 14.2. The van der Waals surface area contributed by atoms with Crippen molar-refractivity contribution in [3.05, 3.63) is 83.9 Å². The van der Waals surface area contributed by atoms with E-state index >= 15 is 0 Å². The van der Waals surface area contributed by atoms with Crippen molar-refractivity contribution >= 4 is 29.8 Å². The first kappa shape index (κ1) is 45.8.